The van der Waals surface area contributed by atoms with Gasteiger partial charge in [0.25, 0.3) is 8.32 Å². The van der Waals surface area contributed by atoms with E-state index in [4.69, 9.17) is 23.4 Å². The maximum absolute atomic E-state index is 13.9. The summed E-state index contributed by atoms with van der Waals surface area (Å²) in [7, 11) is -2.51. The van der Waals surface area contributed by atoms with Gasteiger partial charge in [0.1, 0.15) is 23.0 Å². The molecule has 2 heterocycles. The lowest BCUT2D eigenvalue weighted by atomic mass is 9.99. The van der Waals surface area contributed by atoms with Crippen molar-refractivity contribution in [3.8, 4) is 5.75 Å². The summed E-state index contributed by atoms with van der Waals surface area (Å²) in [6, 6.07) is 3.40. The van der Waals surface area contributed by atoms with Crippen LogP contribution in [0.25, 0.3) is 6.08 Å². The van der Waals surface area contributed by atoms with Crippen molar-refractivity contribution in [2.75, 3.05) is 11.4 Å². The number of allylic oxidation sites excluding steroid dienone is 1. The standard InChI is InChI=1S/C33H47NO9Si/c1-12-34(30(37)42-32(4,5)6)23-18-22-14-13-15-25-28(41-31(38)40-25)24(35)17-16-20(2)21(3)39-29(36)27(22)26(19-23)43-44(10,11)33(7,8)9/h13-14,16,18-19,21,25,28H,12,15,17H2,1-11H3/t21-,25-,28+/m0/s1. The topological polar surface area (TPSA) is 118 Å². The number of hydrogen-bond donors (Lipinski definition) is 0. The molecule has 3 atom stereocenters. The van der Waals surface area contributed by atoms with E-state index < -0.39 is 50.4 Å². The zero-order valence-corrected chi connectivity index (χ0v) is 28.9. The number of cyclic esters (lactones) is 1. The van der Waals surface area contributed by atoms with E-state index in [0.717, 1.165) is 0 Å². The van der Waals surface area contributed by atoms with E-state index in [9.17, 15) is 19.2 Å². The minimum atomic E-state index is -2.51. The van der Waals surface area contributed by atoms with Crippen LogP contribution in [0.3, 0.4) is 0 Å². The van der Waals surface area contributed by atoms with Gasteiger partial charge in [-0.1, -0.05) is 39.0 Å². The summed E-state index contributed by atoms with van der Waals surface area (Å²) in [4.78, 5) is 53.6. The summed E-state index contributed by atoms with van der Waals surface area (Å²) in [6.45, 7) is 21.4. The van der Waals surface area contributed by atoms with Crippen LogP contribution in [-0.2, 0) is 23.7 Å². The molecule has 3 rings (SSSR count). The predicted octanol–water partition coefficient (Wildman–Crippen LogP) is 7.60. The molecule has 0 radical (unpaired) electrons. The number of carbonyl (C=O) groups excluding carboxylic acids is 4. The number of anilines is 1. The average Bonchev–Trinajstić information content (AvgIpc) is 3.25. The van der Waals surface area contributed by atoms with Crippen LogP contribution in [0, 0.1) is 0 Å². The molecule has 1 aromatic rings. The van der Waals surface area contributed by atoms with Gasteiger partial charge >= 0.3 is 18.2 Å². The quantitative estimate of drug-likeness (QED) is 0.144. The Morgan fingerprint density at radius 1 is 1.05 bits per heavy atom. The van der Waals surface area contributed by atoms with E-state index in [1.165, 1.54) is 4.90 Å². The molecule has 2 aliphatic heterocycles. The number of Topliss-reactive ketones (excluding diaryl/α,β-unsaturated/α-hetero) is 1. The Balaban J connectivity index is 2.26. The fraction of sp³-hybridized carbons (Fsp3) is 0.576. The third-order valence-electron chi connectivity index (χ3n) is 8.08. The van der Waals surface area contributed by atoms with E-state index >= 15 is 0 Å². The molecular weight excluding hydrogens is 582 g/mol. The summed E-state index contributed by atoms with van der Waals surface area (Å²) in [6.07, 6.45) is 1.23. The van der Waals surface area contributed by atoms with Gasteiger partial charge in [-0.15, -0.1) is 0 Å². The van der Waals surface area contributed by atoms with Crippen molar-refractivity contribution in [2.45, 2.75) is 117 Å². The van der Waals surface area contributed by atoms with Crippen molar-refractivity contribution in [2.24, 2.45) is 0 Å². The molecule has 1 aromatic carbocycles. The van der Waals surface area contributed by atoms with E-state index in [1.807, 2.05) is 6.92 Å². The molecule has 0 N–H and O–H groups in total. The zero-order valence-electron chi connectivity index (χ0n) is 27.9. The fourth-order valence-electron chi connectivity index (χ4n) is 4.39. The maximum atomic E-state index is 13.9. The smallest absolute Gasteiger partial charge is 0.509 e. The number of esters is 1. The third kappa shape index (κ3) is 8.31. The minimum absolute atomic E-state index is 0.00750. The van der Waals surface area contributed by atoms with Gasteiger partial charge in [-0.3, -0.25) is 9.69 Å². The summed E-state index contributed by atoms with van der Waals surface area (Å²) >= 11 is 0. The van der Waals surface area contributed by atoms with Crippen molar-refractivity contribution in [1.82, 2.24) is 0 Å². The number of ketones is 1. The van der Waals surface area contributed by atoms with Gasteiger partial charge in [0, 0.05) is 25.5 Å². The van der Waals surface area contributed by atoms with Crippen molar-refractivity contribution in [1.29, 1.82) is 0 Å². The minimum Gasteiger partial charge on any atom is -0.543 e. The highest BCUT2D eigenvalue weighted by atomic mass is 28.4. The third-order valence-corrected chi connectivity index (χ3v) is 12.4. The molecule has 2 aliphatic rings. The lowest BCUT2D eigenvalue weighted by molar-refractivity contribution is -0.126. The van der Waals surface area contributed by atoms with Gasteiger partial charge < -0.3 is 23.4 Å². The van der Waals surface area contributed by atoms with E-state index in [-0.39, 0.29) is 29.2 Å². The molecule has 0 bridgehead atoms. The highest BCUT2D eigenvalue weighted by Crippen LogP contribution is 2.41. The summed E-state index contributed by atoms with van der Waals surface area (Å²) in [5.74, 6) is -0.624. The molecule has 1 saturated heterocycles. The van der Waals surface area contributed by atoms with Gasteiger partial charge in [-0.25, -0.2) is 14.4 Å². The first-order valence-corrected chi connectivity index (χ1v) is 18.0. The Morgan fingerprint density at radius 2 is 1.70 bits per heavy atom. The summed E-state index contributed by atoms with van der Waals surface area (Å²) in [5.41, 5.74) is 1.05. The Bertz CT molecular complexity index is 1350. The van der Waals surface area contributed by atoms with Crippen LogP contribution in [0.4, 0.5) is 15.3 Å². The monoisotopic (exact) mass is 629 g/mol. The summed E-state index contributed by atoms with van der Waals surface area (Å²) in [5, 5.41) is -0.201. The normalized spacial score (nSPS) is 21.6. The zero-order chi connectivity index (χ0) is 33.2. The second kappa shape index (κ2) is 13.2. The lowest BCUT2D eigenvalue weighted by Crippen LogP contribution is -2.44. The fourth-order valence-corrected chi connectivity index (χ4v) is 5.41. The van der Waals surface area contributed by atoms with E-state index in [1.54, 1.807) is 65.0 Å². The number of ether oxygens (including phenoxy) is 4. The molecular formula is C33H47NO9Si. The van der Waals surface area contributed by atoms with Gasteiger partial charge in [0.2, 0.25) is 6.10 Å². The number of nitrogens with zero attached hydrogens (tertiary/aromatic N) is 1. The number of rotatable bonds is 4. The van der Waals surface area contributed by atoms with Crippen LogP contribution >= 0.6 is 0 Å². The molecule has 0 unspecified atom stereocenters. The molecule has 11 heteroatoms. The lowest BCUT2D eigenvalue weighted by Gasteiger charge is -2.37. The number of carbonyl (C=O) groups is 4. The second-order valence-corrected chi connectivity index (χ2v) is 18.5. The van der Waals surface area contributed by atoms with Crippen LogP contribution in [-0.4, -0.2) is 62.8 Å². The Labute approximate surface area is 261 Å². The molecule has 242 valence electrons. The van der Waals surface area contributed by atoms with Crippen LogP contribution in [0.2, 0.25) is 18.1 Å². The SMILES string of the molecule is CCN(C(=O)OC(C)(C)C)c1cc2c(c(O[Si](C)(C)C(C)(C)C)c1)C(=O)O[C@@H](C)C(C)=CCC(=O)[C@H]1OC(=O)O[C@H]1CC=C2. The largest absolute Gasteiger partial charge is 0.543 e. The van der Waals surface area contributed by atoms with Crippen LogP contribution in [0.15, 0.2) is 29.9 Å². The van der Waals surface area contributed by atoms with Gasteiger partial charge in [-0.2, -0.15) is 0 Å². The van der Waals surface area contributed by atoms with Crippen LogP contribution < -0.4 is 9.33 Å². The molecule has 44 heavy (non-hydrogen) atoms. The van der Waals surface area contributed by atoms with E-state index in [2.05, 4.69) is 33.9 Å². The van der Waals surface area contributed by atoms with Crippen molar-refractivity contribution >= 4 is 44.1 Å². The predicted molar refractivity (Wildman–Crippen MR) is 171 cm³/mol. The molecule has 10 nitrogen and oxygen atoms in total. The van der Waals surface area contributed by atoms with Crippen LogP contribution in [0.5, 0.6) is 5.75 Å². The van der Waals surface area contributed by atoms with Gasteiger partial charge in [0.05, 0.1) is 5.69 Å². The Hall–Kier alpha value is -3.60. The second-order valence-electron chi connectivity index (χ2n) is 13.7. The first-order chi connectivity index (χ1) is 20.2. The number of benzene rings is 1. The van der Waals surface area contributed by atoms with Crippen molar-refractivity contribution in [3.63, 3.8) is 0 Å². The molecule has 0 spiro atoms. The molecule has 1 amide bonds. The highest BCUT2D eigenvalue weighted by Gasteiger charge is 2.42. The van der Waals surface area contributed by atoms with E-state index in [0.29, 0.717) is 29.1 Å². The van der Waals surface area contributed by atoms with Gasteiger partial charge in [0.15, 0.2) is 11.9 Å². The molecule has 0 saturated carbocycles. The molecule has 1 fully saturated rings. The van der Waals surface area contributed by atoms with Gasteiger partial charge in [-0.05, 0) is 76.9 Å². The Kier molecular flexibility index (Phi) is 10.4. The Morgan fingerprint density at radius 3 is 2.30 bits per heavy atom. The molecule has 0 aromatic heterocycles. The first-order valence-electron chi connectivity index (χ1n) is 15.1. The van der Waals surface area contributed by atoms with Crippen LogP contribution in [0.1, 0.15) is 91.1 Å². The highest BCUT2D eigenvalue weighted by molar-refractivity contribution is 6.74. The number of amides is 1. The maximum Gasteiger partial charge on any atom is 0.509 e. The number of fused-ring (bicyclic) bond motifs is 2. The van der Waals surface area contributed by atoms with Crippen molar-refractivity contribution < 1.29 is 42.6 Å². The summed E-state index contributed by atoms with van der Waals surface area (Å²) < 4.78 is 28.9. The number of hydrogen-bond acceptors (Lipinski definition) is 9. The average molecular weight is 630 g/mol. The molecule has 0 aliphatic carbocycles. The van der Waals surface area contributed by atoms with Crippen molar-refractivity contribution in [3.05, 3.63) is 41.0 Å². The first kappa shape index (κ1) is 34.9.